The largest absolute Gasteiger partial charge is 0.361 e. The Labute approximate surface area is 159 Å². The van der Waals surface area contributed by atoms with Crippen LogP contribution in [0.3, 0.4) is 0 Å². The normalized spacial score (nSPS) is 10.8. The van der Waals surface area contributed by atoms with E-state index in [-0.39, 0.29) is 5.91 Å². The van der Waals surface area contributed by atoms with Crippen molar-refractivity contribution < 1.29 is 9.32 Å². The van der Waals surface area contributed by atoms with Gasteiger partial charge in [-0.15, -0.1) is 11.3 Å². The Hall–Kier alpha value is -1.83. The Bertz CT molecular complexity index is 878. The van der Waals surface area contributed by atoms with Crippen LogP contribution in [-0.2, 0) is 12.3 Å². The molecule has 0 atom stereocenters. The maximum atomic E-state index is 12.8. The van der Waals surface area contributed by atoms with Crippen LogP contribution in [0.15, 0.2) is 46.1 Å². The number of hydrogen-bond donors (Lipinski definition) is 0. The van der Waals surface area contributed by atoms with Crippen LogP contribution in [0.1, 0.15) is 26.7 Å². The predicted molar refractivity (Wildman–Crippen MR) is 100 cm³/mol. The van der Waals surface area contributed by atoms with Gasteiger partial charge in [-0.1, -0.05) is 28.5 Å². The fraction of sp³-hybridized carbons (Fsp3) is 0.235. The first kappa shape index (κ1) is 18.0. The first-order chi connectivity index (χ1) is 12.0. The lowest BCUT2D eigenvalue weighted by atomic mass is 10.2. The van der Waals surface area contributed by atoms with E-state index >= 15 is 0 Å². The van der Waals surface area contributed by atoms with Gasteiger partial charge in [-0.05, 0) is 31.2 Å². The van der Waals surface area contributed by atoms with E-state index in [9.17, 15) is 4.79 Å². The molecule has 0 unspecified atom stereocenters. The first-order valence-electron chi connectivity index (χ1n) is 7.52. The van der Waals surface area contributed by atoms with Crippen molar-refractivity contribution in [3.05, 3.63) is 62.8 Å². The highest BCUT2D eigenvalue weighted by Gasteiger charge is 2.18. The van der Waals surface area contributed by atoms with Gasteiger partial charge in [0.2, 0.25) is 0 Å². The molecule has 1 amide bonds. The minimum absolute atomic E-state index is 0.0727. The number of nitrogens with zero attached hydrogens (tertiary/aromatic N) is 3. The highest BCUT2D eigenvalue weighted by Crippen LogP contribution is 2.26. The Balaban J connectivity index is 1.71. The van der Waals surface area contributed by atoms with Crippen molar-refractivity contribution in [2.24, 2.45) is 0 Å². The third-order valence-electron chi connectivity index (χ3n) is 3.40. The highest BCUT2D eigenvalue weighted by molar-refractivity contribution is 7.98. The van der Waals surface area contributed by atoms with Gasteiger partial charge in [-0.3, -0.25) is 4.79 Å². The summed E-state index contributed by atoms with van der Waals surface area (Å²) in [5, 5.41) is 4.65. The van der Waals surface area contributed by atoms with Crippen LogP contribution in [-0.4, -0.2) is 28.0 Å². The van der Waals surface area contributed by atoms with Crippen LogP contribution in [0.5, 0.6) is 0 Å². The lowest BCUT2D eigenvalue weighted by molar-refractivity contribution is 0.0782. The maximum absolute atomic E-state index is 12.8. The summed E-state index contributed by atoms with van der Waals surface area (Å²) in [6.45, 7) is 2.36. The summed E-state index contributed by atoms with van der Waals surface area (Å²) < 4.78 is 5.79. The zero-order valence-corrected chi connectivity index (χ0v) is 16.1. The lowest BCUT2D eigenvalue weighted by Crippen LogP contribution is -2.26. The third-order valence-corrected chi connectivity index (χ3v) is 5.66. The number of pyridine rings is 1. The van der Waals surface area contributed by atoms with Gasteiger partial charge in [-0.25, -0.2) is 4.98 Å². The number of amides is 1. The summed E-state index contributed by atoms with van der Waals surface area (Å²) in [5.74, 6) is 1.29. The zero-order chi connectivity index (χ0) is 17.8. The molecular formula is C17H16ClN3O2S2. The van der Waals surface area contributed by atoms with E-state index in [0.29, 0.717) is 22.9 Å². The molecule has 0 spiro atoms. The molecule has 3 aromatic rings. The molecule has 0 fully saturated rings. The molecule has 3 heterocycles. The molecule has 8 heteroatoms. The van der Waals surface area contributed by atoms with E-state index in [2.05, 4.69) is 10.1 Å². The number of carbonyl (C=O) groups excluding carboxylic acids is 1. The van der Waals surface area contributed by atoms with Gasteiger partial charge >= 0.3 is 0 Å². The topological polar surface area (TPSA) is 59.2 Å². The summed E-state index contributed by atoms with van der Waals surface area (Å²) in [6, 6.07) is 9.22. The quantitative estimate of drug-likeness (QED) is 0.570. The Kier molecular flexibility index (Phi) is 5.78. The van der Waals surface area contributed by atoms with Crippen molar-refractivity contribution in [3.63, 3.8) is 0 Å². The average molecular weight is 394 g/mol. The number of thioether (sulfide) groups is 1. The molecule has 130 valence electrons. The van der Waals surface area contributed by atoms with E-state index in [1.807, 2.05) is 25.1 Å². The molecule has 0 saturated carbocycles. The van der Waals surface area contributed by atoms with E-state index in [4.69, 9.17) is 16.1 Å². The van der Waals surface area contributed by atoms with E-state index in [1.54, 1.807) is 30.3 Å². The van der Waals surface area contributed by atoms with Crippen molar-refractivity contribution in [3.8, 4) is 0 Å². The average Bonchev–Trinajstić information content (AvgIpc) is 3.20. The first-order valence-corrected chi connectivity index (χ1v) is 9.70. The number of hydrogen-bond acceptors (Lipinski definition) is 6. The van der Waals surface area contributed by atoms with Crippen molar-refractivity contribution in [1.29, 1.82) is 0 Å². The minimum Gasteiger partial charge on any atom is -0.361 e. The van der Waals surface area contributed by atoms with Gasteiger partial charge in [-0.2, -0.15) is 0 Å². The summed E-state index contributed by atoms with van der Waals surface area (Å²) in [4.78, 5) is 19.9. The minimum atomic E-state index is -0.0727. The molecule has 0 aliphatic rings. The number of halogens is 1. The zero-order valence-electron chi connectivity index (χ0n) is 13.7. The summed E-state index contributed by atoms with van der Waals surface area (Å²) in [6.07, 6.45) is 1.69. The fourth-order valence-electron chi connectivity index (χ4n) is 2.24. The van der Waals surface area contributed by atoms with Crippen molar-refractivity contribution >= 4 is 40.6 Å². The number of carbonyl (C=O) groups is 1. The van der Waals surface area contributed by atoms with Crippen LogP contribution in [0, 0.1) is 6.92 Å². The fourth-order valence-corrected chi connectivity index (χ4v) is 4.25. The second-order valence-corrected chi connectivity index (χ2v) is 8.20. The smallest absolute Gasteiger partial charge is 0.256 e. The summed E-state index contributed by atoms with van der Waals surface area (Å²) in [5.41, 5.74) is 1.41. The molecule has 3 aromatic heterocycles. The third kappa shape index (κ3) is 4.62. The van der Waals surface area contributed by atoms with Crippen molar-refractivity contribution in [2.45, 2.75) is 24.2 Å². The molecule has 0 aliphatic heterocycles. The Morgan fingerprint density at radius 2 is 2.24 bits per heavy atom. The van der Waals surface area contributed by atoms with Crippen LogP contribution in [0.25, 0.3) is 0 Å². The van der Waals surface area contributed by atoms with Gasteiger partial charge in [0.25, 0.3) is 5.91 Å². The predicted octanol–water partition coefficient (Wildman–Crippen LogP) is 4.66. The van der Waals surface area contributed by atoms with Gasteiger partial charge in [0.1, 0.15) is 10.8 Å². The second-order valence-electron chi connectivity index (χ2n) is 5.44. The summed E-state index contributed by atoms with van der Waals surface area (Å²) in [7, 11) is 1.78. The van der Waals surface area contributed by atoms with Crippen LogP contribution >= 0.6 is 34.7 Å². The molecule has 3 rings (SSSR count). The van der Waals surface area contributed by atoms with Gasteiger partial charge in [0, 0.05) is 29.9 Å². The molecule has 25 heavy (non-hydrogen) atoms. The Morgan fingerprint density at radius 1 is 1.40 bits per heavy atom. The number of rotatable bonds is 6. The summed E-state index contributed by atoms with van der Waals surface area (Å²) >= 11 is 8.90. The molecule has 0 radical (unpaired) electrons. The number of aromatic nitrogens is 2. The highest BCUT2D eigenvalue weighted by atomic mass is 35.5. The van der Waals surface area contributed by atoms with E-state index in [0.717, 1.165) is 20.7 Å². The maximum Gasteiger partial charge on any atom is 0.256 e. The van der Waals surface area contributed by atoms with E-state index in [1.165, 1.54) is 23.1 Å². The van der Waals surface area contributed by atoms with Crippen molar-refractivity contribution in [1.82, 2.24) is 15.0 Å². The van der Waals surface area contributed by atoms with Gasteiger partial charge < -0.3 is 9.42 Å². The monoisotopic (exact) mass is 393 g/mol. The van der Waals surface area contributed by atoms with Gasteiger partial charge in [0.15, 0.2) is 0 Å². The van der Waals surface area contributed by atoms with E-state index < -0.39 is 0 Å². The van der Waals surface area contributed by atoms with Crippen molar-refractivity contribution in [2.75, 3.05) is 7.05 Å². The molecule has 0 bridgehead atoms. The molecule has 0 aromatic carbocycles. The molecule has 0 aliphatic carbocycles. The SMILES string of the molecule is Cc1cc(CSc2ncccc2C(=O)N(C)Cc2ccc(Cl)s2)no1. The molecule has 5 nitrogen and oxygen atoms in total. The second kappa shape index (κ2) is 8.03. The van der Waals surface area contributed by atoms with Gasteiger partial charge in [0.05, 0.1) is 22.1 Å². The molecular weight excluding hydrogens is 378 g/mol. The number of aryl methyl sites for hydroxylation is 1. The van der Waals surface area contributed by atoms with Crippen LogP contribution in [0.2, 0.25) is 4.34 Å². The molecule has 0 saturated heterocycles. The standard InChI is InChI=1S/C17H16ClN3O2S2/c1-11-8-12(20-23-11)10-24-16-14(4-3-7-19-16)17(22)21(2)9-13-5-6-15(18)25-13/h3-8H,9-10H2,1-2H3. The van der Waals surface area contributed by atoms with Crippen LogP contribution < -0.4 is 0 Å². The Morgan fingerprint density at radius 3 is 2.92 bits per heavy atom. The molecule has 0 N–H and O–H groups in total. The number of thiophene rings is 1. The lowest BCUT2D eigenvalue weighted by Gasteiger charge is -2.17. The van der Waals surface area contributed by atoms with Crippen LogP contribution in [0.4, 0.5) is 0 Å².